The van der Waals surface area contributed by atoms with Crippen LogP contribution < -0.4 is 9.62 Å². The molecule has 0 radical (unpaired) electrons. The van der Waals surface area contributed by atoms with Crippen LogP contribution in [0.15, 0.2) is 53.4 Å². The van der Waals surface area contributed by atoms with Crippen molar-refractivity contribution in [2.45, 2.75) is 11.8 Å². The van der Waals surface area contributed by atoms with Crippen LogP contribution in [0.25, 0.3) is 0 Å². The number of hydrogen-bond acceptors (Lipinski definition) is 3. The smallest absolute Gasteiger partial charge is 0.264 e. The highest BCUT2D eigenvalue weighted by Gasteiger charge is 2.21. The molecule has 0 aromatic heterocycles. The normalized spacial score (nSPS) is 11.2. The number of rotatable bonds is 4. The molecular formula is C15H18N2O2S. The molecule has 0 amide bonds. The van der Waals surface area contributed by atoms with Crippen LogP contribution in [0.3, 0.4) is 0 Å². The number of hydrogen-bond donors (Lipinski definition) is 1. The second-order valence-corrected chi connectivity index (χ2v) is 6.56. The summed E-state index contributed by atoms with van der Waals surface area (Å²) in [7, 11) is -0.169. The first kappa shape index (κ1) is 14.4. The molecule has 4 nitrogen and oxygen atoms in total. The van der Waals surface area contributed by atoms with Gasteiger partial charge in [-0.3, -0.25) is 4.31 Å². The topological polar surface area (TPSA) is 49.4 Å². The number of anilines is 2. The van der Waals surface area contributed by atoms with E-state index in [-0.39, 0.29) is 4.90 Å². The zero-order valence-corrected chi connectivity index (χ0v) is 12.6. The lowest BCUT2D eigenvalue weighted by atomic mass is 10.2. The van der Waals surface area contributed by atoms with Gasteiger partial charge >= 0.3 is 0 Å². The summed E-state index contributed by atoms with van der Waals surface area (Å²) >= 11 is 0. The minimum atomic E-state index is -3.53. The molecule has 0 saturated heterocycles. The Kier molecular flexibility index (Phi) is 3.99. The molecule has 106 valence electrons. The van der Waals surface area contributed by atoms with E-state index in [0.29, 0.717) is 5.69 Å². The molecule has 0 atom stereocenters. The summed E-state index contributed by atoms with van der Waals surface area (Å²) in [6.45, 7) is 1.94. The lowest BCUT2D eigenvalue weighted by Crippen LogP contribution is -2.26. The molecule has 2 rings (SSSR count). The van der Waals surface area contributed by atoms with Gasteiger partial charge in [-0.1, -0.05) is 12.1 Å². The van der Waals surface area contributed by atoms with Crippen LogP contribution in [0.5, 0.6) is 0 Å². The molecule has 0 fully saturated rings. The summed E-state index contributed by atoms with van der Waals surface area (Å²) in [5.41, 5.74) is 2.56. The molecular weight excluding hydrogens is 272 g/mol. The van der Waals surface area contributed by atoms with Crippen molar-refractivity contribution in [1.29, 1.82) is 0 Å². The number of aryl methyl sites for hydroxylation is 1. The van der Waals surface area contributed by atoms with Crippen molar-refractivity contribution in [2.75, 3.05) is 23.7 Å². The molecule has 5 heteroatoms. The van der Waals surface area contributed by atoms with Gasteiger partial charge in [-0.15, -0.1) is 0 Å². The van der Waals surface area contributed by atoms with Crippen LogP contribution in [0, 0.1) is 6.92 Å². The second kappa shape index (κ2) is 5.54. The van der Waals surface area contributed by atoms with Gasteiger partial charge in [0.1, 0.15) is 0 Å². The quantitative estimate of drug-likeness (QED) is 0.942. The van der Waals surface area contributed by atoms with E-state index in [9.17, 15) is 8.42 Å². The average Bonchev–Trinajstić information content (AvgIpc) is 2.46. The highest BCUT2D eigenvalue weighted by molar-refractivity contribution is 7.92. The predicted octanol–water partition coefficient (Wildman–Crippen LogP) is 2.86. The van der Waals surface area contributed by atoms with Gasteiger partial charge in [-0.25, -0.2) is 8.42 Å². The first-order valence-corrected chi connectivity index (χ1v) is 7.72. The SMILES string of the molecule is CNc1ccc(S(=O)(=O)N(C)c2cccc(C)c2)cc1. The first-order chi connectivity index (χ1) is 9.45. The van der Waals surface area contributed by atoms with Gasteiger partial charge < -0.3 is 5.32 Å². The van der Waals surface area contributed by atoms with Crippen molar-refractivity contribution in [2.24, 2.45) is 0 Å². The summed E-state index contributed by atoms with van der Waals surface area (Å²) in [5, 5.41) is 2.97. The minimum absolute atomic E-state index is 0.278. The largest absolute Gasteiger partial charge is 0.388 e. The van der Waals surface area contributed by atoms with Gasteiger partial charge in [0.2, 0.25) is 0 Å². The van der Waals surface area contributed by atoms with Crippen molar-refractivity contribution in [3.63, 3.8) is 0 Å². The van der Waals surface area contributed by atoms with Gasteiger partial charge in [0.15, 0.2) is 0 Å². The summed E-state index contributed by atoms with van der Waals surface area (Å²) in [5.74, 6) is 0. The zero-order valence-electron chi connectivity index (χ0n) is 11.8. The van der Waals surface area contributed by atoms with Gasteiger partial charge in [0, 0.05) is 19.8 Å². The fraction of sp³-hybridized carbons (Fsp3) is 0.200. The summed E-state index contributed by atoms with van der Waals surface area (Å²) in [4.78, 5) is 0.278. The molecule has 0 unspecified atom stereocenters. The predicted molar refractivity (Wildman–Crippen MR) is 82.8 cm³/mol. The van der Waals surface area contributed by atoms with E-state index in [0.717, 1.165) is 11.3 Å². The van der Waals surface area contributed by atoms with E-state index in [4.69, 9.17) is 0 Å². The minimum Gasteiger partial charge on any atom is -0.388 e. The third-order valence-electron chi connectivity index (χ3n) is 3.17. The van der Waals surface area contributed by atoms with Crippen molar-refractivity contribution in [3.8, 4) is 0 Å². The molecule has 2 aromatic carbocycles. The van der Waals surface area contributed by atoms with Gasteiger partial charge in [0.05, 0.1) is 10.6 Å². The van der Waals surface area contributed by atoms with E-state index in [1.54, 1.807) is 44.4 Å². The molecule has 0 aliphatic heterocycles. The molecule has 0 heterocycles. The van der Waals surface area contributed by atoms with Crippen LogP contribution in [-0.4, -0.2) is 22.5 Å². The number of benzene rings is 2. The third-order valence-corrected chi connectivity index (χ3v) is 4.97. The first-order valence-electron chi connectivity index (χ1n) is 6.28. The molecule has 0 aliphatic carbocycles. The highest BCUT2D eigenvalue weighted by atomic mass is 32.2. The van der Waals surface area contributed by atoms with E-state index in [1.807, 2.05) is 25.1 Å². The van der Waals surface area contributed by atoms with Crippen molar-refractivity contribution >= 4 is 21.4 Å². The van der Waals surface area contributed by atoms with E-state index in [1.165, 1.54) is 4.31 Å². The maximum atomic E-state index is 12.5. The Bertz CT molecular complexity index is 694. The van der Waals surface area contributed by atoms with Gasteiger partial charge in [-0.05, 0) is 48.9 Å². The zero-order chi connectivity index (χ0) is 14.8. The number of sulfonamides is 1. The number of nitrogens with one attached hydrogen (secondary N) is 1. The standard InChI is InChI=1S/C15H18N2O2S/c1-12-5-4-6-14(11-12)17(3)20(18,19)15-9-7-13(16-2)8-10-15/h4-11,16H,1-3H3. The molecule has 0 aliphatic rings. The van der Waals surface area contributed by atoms with E-state index >= 15 is 0 Å². The Morgan fingerprint density at radius 3 is 2.25 bits per heavy atom. The van der Waals surface area contributed by atoms with Crippen LogP contribution in [0.4, 0.5) is 11.4 Å². The summed E-state index contributed by atoms with van der Waals surface area (Å²) < 4.78 is 26.4. The molecule has 2 aromatic rings. The molecule has 0 spiro atoms. The monoisotopic (exact) mass is 290 g/mol. The van der Waals surface area contributed by atoms with E-state index in [2.05, 4.69) is 5.32 Å². The average molecular weight is 290 g/mol. The Balaban J connectivity index is 2.38. The Labute approximate surface area is 120 Å². The molecule has 20 heavy (non-hydrogen) atoms. The molecule has 0 bridgehead atoms. The fourth-order valence-corrected chi connectivity index (χ4v) is 3.10. The second-order valence-electron chi connectivity index (χ2n) is 4.59. The lowest BCUT2D eigenvalue weighted by molar-refractivity contribution is 0.594. The summed E-state index contributed by atoms with van der Waals surface area (Å²) in [6.07, 6.45) is 0. The lowest BCUT2D eigenvalue weighted by Gasteiger charge is -2.20. The van der Waals surface area contributed by atoms with E-state index < -0.39 is 10.0 Å². The molecule has 1 N–H and O–H groups in total. The van der Waals surface area contributed by atoms with Crippen LogP contribution in [0.2, 0.25) is 0 Å². The Hall–Kier alpha value is -2.01. The van der Waals surface area contributed by atoms with Crippen LogP contribution in [0.1, 0.15) is 5.56 Å². The summed E-state index contributed by atoms with van der Waals surface area (Å²) in [6, 6.07) is 14.1. The molecule has 0 saturated carbocycles. The maximum absolute atomic E-state index is 12.5. The third kappa shape index (κ3) is 2.77. The number of nitrogens with zero attached hydrogens (tertiary/aromatic N) is 1. The highest BCUT2D eigenvalue weighted by Crippen LogP contribution is 2.23. The maximum Gasteiger partial charge on any atom is 0.264 e. The Morgan fingerprint density at radius 2 is 1.70 bits per heavy atom. The van der Waals surface area contributed by atoms with Crippen LogP contribution >= 0.6 is 0 Å². The Morgan fingerprint density at radius 1 is 1.05 bits per heavy atom. The van der Waals surface area contributed by atoms with Gasteiger partial charge in [-0.2, -0.15) is 0 Å². The fourth-order valence-electron chi connectivity index (χ4n) is 1.91. The van der Waals surface area contributed by atoms with Crippen molar-refractivity contribution < 1.29 is 8.42 Å². The van der Waals surface area contributed by atoms with Gasteiger partial charge in [0.25, 0.3) is 10.0 Å². The van der Waals surface area contributed by atoms with Crippen LogP contribution in [-0.2, 0) is 10.0 Å². The van der Waals surface area contributed by atoms with Crippen molar-refractivity contribution in [1.82, 2.24) is 0 Å². The van der Waals surface area contributed by atoms with Crippen molar-refractivity contribution in [3.05, 3.63) is 54.1 Å².